The van der Waals surface area contributed by atoms with Gasteiger partial charge in [0.1, 0.15) is 0 Å². The topological polar surface area (TPSA) is 103 Å². The predicted molar refractivity (Wildman–Crippen MR) is 89.9 cm³/mol. The van der Waals surface area contributed by atoms with Crippen molar-refractivity contribution in [3.63, 3.8) is 0 Å². The molecule has 3 atom stereocenters. The third-order valence-electron chi connectivity index (χ3n) is 3.45. The van der Waals surface area contributed by atoms with E-state index in [0.717, 1.165) is 25.7 Å². The molecule has 0 rings (SSSR count). The van der Waals surface area contributed by atoms with Gasteiger partial charge in [-0.05, 0) is 40.5 Å². The third kappa shape index (κ3) is 8.38. The van der Waals surface area contributed by atoms with Gasteiger partial charge in [0, 0.05) is 24.7 Å². The third-order valence-corrected chi connectivity index (χ3v) is 5.23. The van der Waals surface area contributed by atoms with E-state index in [1.165, 1.54) is 0 Å². The highest BCUT2D eigenvalue weighted by Crippen LogP contribution is 2.42. The molecule has 0 aliphatic rings. The van der Waals surface area contributed by atoms with Crippen molar-refractivity contribution in [1.29, 1.82) is 5.26 Å². The minimum Gasteiger partial charge on any atom is -0.396 e. The molecule has 0 aromatic heterocycles. The second kappa shape index (κ2) is 12.2. The Kier molecular flexibility index (Phi) is 12.0. The van der Waals surface area contributed by atoms with Crippen molar-refractivity contribution in [2.45, 2.75) is 84.0 Å². The van der Waals surface area contributed by atoms with Crippen molar-refractivity contribution in [2.24, 2.45) is 5.73 Å². The van der Waals surface area contributed by atoms with Crippen molar-refractivity contribution in [3.8, 4) is 6.07 Å². The maximum absolute atomic E-state index is 10.4. The quantitative estimate of drug-likeness (QED) is 0.374. The Morgan fingerprint density at radius 3 is 2.23 bits per heavy atom. The van der Waals surface area contributed by atoms with E-state index in [9.17, 15) is 4.89 Å². The van der Waals surface area contributed by atoms with Crippen molar-refractivity contribution in [1.82, 2.24) is 4.67 Å². The largest absolute Gasteiger partial charge is 0.396 e. The molecule has 3 unspecified atom stereocenters. The van der Waals surface area contributed by atoms with Crippen LogP contribution in [0, 0.1) is 11.3 Å². The number of aliphatic hydroxyl groups excluding tert-OH is 1. The molecule has 0 aliphatic carbocycles. The van der Waals surface area contributed by atoms with Crippen LogP contribution in [0.4, 0.5) is 0 Å². The van der Waals surface area contributed by atoms with Crippen LogP contribution in [-0.2, 0) is 4.52 Å². The van der Waals surface area contributed by atoms with Gasteiger partial charge < -0.3 is 20.3 Å². The van der Waals surface area contributed by atoms with E-state index in [2.05, 4.69) is 6.07 Å². The van der Waals surface area contributed by atoms with Gasteiger partial charge in [-0.25, -0.2) is 4.67 Å². The minimum absolute atomic E-state index is 0.152. The van der Waals surface area contributed by atoms with E-state index < -0.39 is 14.6 Å². The monoisotopic (exact) mass is 333 g/mol. The average molecular weight is 333 g/mol. The van der Waals surface area contributed by atoms with Crippen molar-refractivity contribution in [2.75, 3.05) is 6.61 Å². The highest BCUT2D eigenvalue weighted by atomic mass is 31.2. The molecule has 130 valence electrons. The fourth-order valence-corrected chi connectivity index (χ4v) is 3.75. The number of unbranched alkanes of at least 4 members (excludes halogenated alkanes) is 2. The molecule has 6 nitrogen and oxygen atoms in total. The summed E-state index contributed by atoms with van der Waals surface area (Å²) >= 11 is 0. The van der Waals surface area contributed by atoms with E-state index in [-0.39, 0.29) is 31.2 Å². The van der Waals surface area contributed by atoms with Crippen LogP contribution in [0.15, 0.2) is 0 Å². The standard InChI is InChI=1S/C15H32N3O3P/c1-12(2)18(13(3)4)22(20)21-15(9-10-16)14(17)8-6-5-7-11-19/h12-15,19-20H,5-9,11,17H2,1-4H3. The lowest BCUT2D eigenvalue weighted by Gasteiger charge is -2.35. The summed E-state index contributed by atoms with van der Waals surface area (Å²) in [6.45, 7) is 8.20. The molecule has 0 heterocycles. The fraction of sp³-hybridized carbons (Fsp3) is 0.933. The molecule has 0 bridgehead atoms. The van der Waals surface area contributed by atoms with E-state index in [1.54, 1.807) is 0 Å². The molecule has 0 saturated carbocycles. The molecule has 22 heavy (non-hydrogen) atoms. The average Bonchev–Trinajstić information content (AvgIpc) is 2.42. The summed E-state index contributed by atoms with van der Waals surface area (Å²) in [4.78, 5) is 10.4. The number of hydrogen-bond acceptors (Lipinski definition) is 6. The first-order chi connectivity index (χ1) is 10.3. The smallest absolute Gasteiger partial charge is 0.256 e. The molecule has 0 aromatic rings. The van der Waals surface area contributed by atoms with Gasteiger partial charge in [0.2, 0.25) is 0 Å². The van der Waals surface area contributed by atoms with Crippen molar-refractivity contribution >= 4 is 8.53 Å². The molecule has 7 heteroatoms. The van der Waals surface area contributed by atoms with Crippen LogP contribution in [0.1, 0.15) is 59.8 Å². The van der Waals surface area contributed by atoms with Gasteiger partial charge in [0.05, 0.1) is 18.6 Å². The van der Waals surface area contributed by atoms with Crippen LogP contribution < -0.4 is 5.73 Å². The van der Waals surface area contributed by atoms with Gasteiger partial charge in [0.25, 0.3) is 8.53 Å². The first kappa shape index (κ1) is 21.7. The molecular formula is C15H32N3O3P. The molecule has 4 N–H and O–H groups in total. The second-order valence-corrected chi connectivity index (χ2v) is 7.24. The summed E-state index contributed by atoms with van der Waals surface area (Å²) < 4.78 is 7.64. The first-order valence-corrected chi connectivity index (χ1v) is 9.19. The van der Waals surface area contributed by atoms with Crippen molar-refractivity contribution < 1.29 is 14.5 Å². The van der Waals surface area contributed by atoms with Crippen LogP contribution in [0.3, 0.4) is 0 Å². The van der Waals surface area contributed by atoms with E-state index >= 15 is 0 Å². The number of nitriles is 1. The molecule has 0 radical (unpaired) electrons. The molecule has 0 aliphatic heterocycles. The molecular weight excluding hydrogens is 301 g/mol. The van der Waals surface area contributed by atoms with Gasteiger partial charge in [0.15, 0.2) is 0 Å². The fourth-order valence-electron chi connectivity index (χ4n) is 2.38. The zero-order valence-corrected chi connectivity index (χ0v) is 15.2. The van der Waals surface area contributed by atoms with Crippen molar-refractivity contribution in [3.05, 3.63) is 0 Å². The van der Waals surface area contributed by atoms with E-state index in [0.29, 0.717) is 0 Å². The predicted octanol–water partition coefficient (Wildman–Crippen LogP) is 2.50. The van der Waals surface area contributed by atoms with Crippen LogP contribution >= 0.6 is 8.53 Å². The number of aliphatic hydroxyl groups is 1. The van der Waals surface area contributed by atoms with Gasteiger partial charge in [-0.1, -0.05) is 12.8 Å². The summed E-state index contributed by atoms with van der Waals surface area (Å²) in [5.41, 5.74) is 6.13. The Morgan fingerprint density at radius 2 is 1.77 bits per heavy atom. The maximum atomic E-state index is 10.4. The Labute approximate surface area is 136 Å². The highest BCUT2D eigenvalue weighted by Gasteiger charge is 2.29. The Hall–Kier alpha value is -0.280. The summed E-state index contributed by atoms with van der Waals surface area (Å²) in [6.07, 6.45) is 2.98. The lowest BCUT2D eigenvalue weighted by Crippen LogP contribution is -2.39. The highest BCUT2D eigenvalue weighted by molar-refractivity contribution is 7.43. The summed E-state index contributed by atoms with van der Waals surface area (Å²) in [5, 5.41) is 17.7. The van der Waals surface area contributed by atoms with Crippen LogP contribution in [0.2, 0.25) is 0 Å². The normalized spacial score (nSPS) is 16.0. The Balaban J connectivity index is 4.57. The summed E-state index contributed by atoms with van der Waals surface area (Å²) in [7, 11) is -1.77. The number of nitrogens with zero attached hydrogens (tertiary/aromatic N) is 2. The van der Waals surface area contributed by atoms with Crippen LogP contribution in [0.25, 0.3) is 0 Å². The maximum Gasteiger partial charge on any atom is 0.256 e. The first-order valence-electron chi connectivity index (χ1n) is 8.02. The summed E-state index contributed by atoms with van der Waals surface area (Å²) in [5.74, 6) is 0. The molecule has 0 amide bonds. The minimum atomic E-state index is -1.77. The number of hydrogen-bond donors (Lipinski definition) is 3. The van der Waals surface area contributed by atoms with E-state index in [4.69, 9.17) is 20.6 Å². The lowest BCUT2D eigenvalue weighted by atomic mass is 10.0. The second-order valence-electron chi connectivity index (χ2n) is 6.06. The zero-order chi connectivity index (χ0) is 17.1. The summed E-state index contributed by atoms with van der Waals surface area (Å²) in [6, 6.07) is 2.11. The Bertz CT molecular complexity index is 316. The molecule has 0 fully saturated rings. The van der Waals surface area contributed by atoms with E-state index in [1.807, 2.05) is 32.4 Å². The SMILES string of the molecule is CC(C)N(C(C)C)P(O)OC(CC#N)C(N)CCCCCO. The van der Waals surface area contributed by atoms with Crippen LogP contribution in [0.5, 0.6) is 0 Å². The number of rotatable bonds is 12. The van der Waals surface area contributed by atoms with Gasteiger partial charge in [-0.3, -0.25) is 0 Å². The van der Waals surface area contributed by atoms with Crippen LogP contribution in [-0.4, -0.2) is 45.5 Å². The van der Waals surface area contributed by atoms with Gasteiger partial charge in [-0.15, -0.1) is 0 Å². The zero-order valence-electron chi connectivity index (χ0n) is 14.3. The van der Waals surface area contributed by atoms with Gasteiger partial charge in [-0.2, -0.15) is 5.26 Å². The molecule has 0 spiro atoms. The van der Waals surface area contributed by atoms with Gasteiger partial charge >= 0.3 is 0 Å². The number of nitrogens with two attached hydrogens (primary N) is 1. The molecule has 0 saturated heterocycles. The lowest BCUT2D eigenvalue weighted by molar-refractivity contribution is 0.134. The Morgan fingerprint density at radius 1 is 1.18 bits per heavy atom. The molecule has 0 aromatic carbocycles.